The molecular weight excluding hydrogens is 396 g/mol. The van der Waals surface area contributed by atoms with Gasteiger partial charge in [-0.25, -0.2) is 10.3 Å². The number of ether oxygens (including phenoxy) is 1. The summed E-state index contributed by atoms with van der Waals surface area (Å²) in [5, 5.41) is 23.0. The van der Waals surface area contributed by atoms with Crippen LogP contribution in [0.4, 0.5) is 10.5 Å². The predicted octanol–water partition coefficient (Wildman–Crippen LogP) is 4.92. The van der Waals surface area contributed by atoms with Crippen LogP contribution in [0.15, 0.2) is 78.9 Å². The first-order valence-corrected chi connectivity index (χ1v) is 9.68. The molecule has 31 heavy (non-hydrogen) atoms. The summed E-state index contributed by atoms with van der Waals surface area (Å²) in [6.45, 7) is 3.58. The van der Waals surface area contributed by atoms with Crippen LogP contribution < -0.4 is 10.8 Å². The van der Waals surface area contributed by atoms with Crippen LogP contribution in [-0.4, -0.2) is 22.3 Å². The van der Waals surface area contributed by atoms with Gasteiger partial charge in [-0.2, -0.15) is 0 Å². The minimum atomic E-state index is -0.820. The molecule has 0 aromatic heterocycles. The Labute approximate surface area is 179 Å². The smallest absolute Gasteiger partial charge is 0.412 e. The fourth-order valence-corrected chi connectivity index (χ4v) is 3.29. The van der Waals surface area contributed by atoms with Gasteiger partial charge in [0.1, 0.15) is 11.9 Å². The van der Waals surface area contributed by atoms with Gasteiger partial charge < -0.3 is 9.84 Å². The van der Waals surface area contributed by atoms with Crippen LogP contribution in [0.25, 0.3) is 10.8 Å². The number of hydroxylamine groups is 1. The Hall–Kier alpha value is -3.84. The van der Waals surface area contributed by atoms with E-state index in [2.05, 4.69) is 5.32 Å². The van der Waals surface area contributed by atoms with Gasteiger partial charge >= 0.3 is 6.09 Å². The molecule has 0 saturated carbocycles. The number of fused-ring (bicyclic) bond motifs is 1. The lowest BCUT2D eigenvalue weighted by molar-refractivity contribution is -0.124. The number of carbonyl (C=O) groups excluding carboxylic acids is 2. The zero-order valence-electron chi connectivity index (χ0n) is 17.2. The summed E-state index contributed by atoms with van der Waals surface area (Å²) in [4.78, 5) is 24.3. The van der Waals surface area contributed by atoms with Crippen molar-refractivity contribution < 1.29 is 24.6 Å². The lowest BCUT2D eigenvalue weighted by Gasteiger charge is -2.31. The lowest BCUT2D eigenvalue weighted by atomic mass is 9.82. The highest BCUT2D eigenvalue weighted by molar-refractivity contribution is 6.00. The fraction of sp³-hybridized carbons (Fsp3) is 0.167. The molecule has 0 spiro atoms. The lowest BCUT2D eigenvalue weighted by Crippen LogP contribution is -2.28. The van der Waals surface area contributed by atoms with E-state index in [0.29, 0.717) is 11.3 Å². The van der Waals surface area contributed by atoms with Crippen LogP contribution in [0, 0.1) is 5.41 Å². The number of anilines is 1. The molecule has 3 aromatic rings. The number of phenols is 1. The molecule has 160 valence electrons. The van der Waals surface area contributed by atoms with E-state index in [4.69, 9.17) is 9.94 Å². The molecule has 2 amide bonds. The predicted molar refractivity (Wildman–Crippen MR) is 118 cm³/mol. The third-order valence-corrected chi connectivity index (χ3v) is 4.90. The summed E-state index contributed by atoms with van der Waals surface area (Å²) >= 11 is 0. The molecule has 0 unspecified atom stereocenters. The van der Waals surface area contributed by atoms with Gasteiger partial charge in [-0.15, -0.1) is 0 Å². The first-order chi connectivity index (χ1) is 14.8. The van der Waals surface area contributed by atoms with E-state index in [1.165, 1.54) is 23.7 Å². The highest BCUT2D eigenvalue weighted by Crippen LogP contribution is 2.39. The second-order valence-electron chi connectivity index (χ2n) is 7.66. The highest BCUT2D eigenvalue weighted by Gasteiger charge is 2.32. The van der Waals surface area contributed by atoms with Crippen LogP contribution in [0.3, 0.4) is 0 Å². The summed E-state index contributed by atoms with van der Waals surface area (Å²) in [5.41, 5.74) is 1.96. The summed E-state index contributed by atoms with van der Waals surface area (Å²) < 4.78 is 5.78. The van der Waals surface area contributed by atoms with Crippen molar-refractivity contribution in [2.75, 3.05) is 5.32 Å². The van der Waals surface area contributed by atoms with Crippen molar-refractivity contribution in [2.45, 2.75) is 20.0 Å². The van der Waals surface area contributed by atoms with Crippen molar-refractivity contribution in [3.63, 3.8) is 0 Å². The van der Waals surface area contributed by atoms with Gasteiger partial charge in [-0.1, -0.05) is 68.5 Å². The van der Waals surface area contributed by atoms with Gasteiger partial charge in [0.2, 0.25) is 0 Å². The van der Waals surface area contributed by atoms with E-state index in [0.717, 1.165) is 10.8 Å². The molecule has 0 fully saturated rings. The van der Waals surface area contributed by atoms with E-state index >= 15 is 0 Å². The molecule has 0 bridgehead atoms. The van der Waals surface area contributed by atoms with Crippen molar-refractivity contribution in [2.24, 2.45) is 5.41 Å². The van der Waals surface area contributed by atoms with Crippen molar-refractivity contribution in [3.05, 3.63) is 84.4 Å². The average Bonchev–Trinajstić information content (AvgIpc) is 2.77. The van der Waals surface area contributed by atoms with Crippen molar-refractivity contribution in [3.8, 4) is 5.75 Å². The number of hydrogen-bond donors (Lipinski definition) is 4. The third kappa shape index (κ3) is 5.40. The third-order valence-electron chi connectivity index (χ3n) is 4.90. The highest BCUT2D eigenvalue weighted by atomic mass is 16.6. The molecule has 3 aromatic carbocycles. The van der Waals surface area contributed by atoms with Crippen LogP contribution in [-0.2, 0) is 9.53 Å². The molecule has 7 heteroatoms. The number of hydrogen-bond acceptors (Lipinski definition) is 5. The van der Waals surface area contributed by atoms with Gasteiger partial charge in [-0.3, -0.25) is 15.3 Å². The molecule has 0 aliphatic rings. The molecular formula is C24H24N2O5. The minimum absolute atomic E-state index is 0.0794. The molecule has 1 atom stereocenters. The van der Waals surface area contributed by atoms with Gasteiger partial charge in [0.05, 0.1) is 5.69 Å². The number of nitrogens with one attached hydrogen (secondary N) is 2. The Morgan fingerprint density at radius 2 is 1.68 bits per heavy atom. The number of benzene rings is 3. The van der Waals surface area contributed by atoms with E-state index in [1.54, 1.807) is 38.1 Å². The largest absolute Gasteiger partial charge is 0.508 e. The summed E-state index contributed by atoms with van der Waals surface area (Å²) in [6.07, 6.45) is 1.26. The zero-order valence-corrected chi connectivity index (χ0v) is 17.2. The zero-order chi connectivity index (χ0) is 22.4. The average molecular weight is 420 g/mol. The maximum atomic E-state index is 12.8. The molecule has 0 aliphatic heterocycles. The maximum absolute atomic E-state index is 12.8. The number of amides is 2. The van der Waals surface area contributed by atoms with Crippen LogP contribution in [0.5, 0.6) is 5.75 Å². The van der Waals surface area contributed by atoms with Crippen molar-refractivity contribution >= 4 is 28.5 Å². The SMILES string of the molecule is CC(C)(/C=C/C(=O)NO)[C@H](OC(=O)Nc1cccc2ccccc12)c1ccc(O)cc1. The molecule has 7 nitrogen and oxygen atoms in total. The van der Waals surface area contributed by atoms with Gasteiger partial charge in [0.25, 0.3) is 5.91 Å². The van der Waals surface area contributed by atoms with Crippen molar-refractivity contribution in [1.29, 1.82) is 0 Å². The number of rotatable bonds is 6. The van der Waals surface area contributed by atoms with Crippen LogP contribution >= 0.6 is 0 Å². The Morgan fingerprint density at radius 3 is 2.39 bits per heavy atom. The van der Waals surface area contributed by atoms with Crippen molar-refractivity contribution in [1.82, 2.24) is 5.48 Å². The van der Waals surface area contributed by atoms with E-state index in [-0.39, 0.29) is 5.75 Å². The second kappa shape index (κ2) is 9.32. The molecule has 0 saturated heterocycles. The first kappa shape index (κ1) is 21.9. The number of aromatic hydroxyl groups is 1. The number of phenolic OH excluding ortho intramolecular Hbond substituents is 1. The normalized spacial score (nSPS) is 12.5. The second-order valence-corrected chi connectivity index (χ2v) is 7.66. The fourth-order valence-electron chi connectivity index (χ4n) is 3.29. The topological polar surface area (TPSA) is 108 Å². The standard InChI is InChI=1S/C24H24N2O5/c1-24(2,15-14-21(28)26-30)22(17-10-12-18(27)13-11-17)31-23(29)25-20-9-5-7-16-6-3-4-8-19(16)20/h3-15,22,27,30H,1-2H3,(H,25,29)(H,26,28)/b15-14+/t22-/m1/s1. The summed E-state index contributed by atoms with van der Waals surface area (Å²) in [7, 11) is 0. The first-order valence-electron chi connectivity index (χ1n) is 9.68. The Morgan fingerprint density at radius 1 is 1.00 bits per heavy atom. The Balaban J connectivity index is 1.88. The Kier molecular flexibility index (Phi) is 6.57. The number of carbonyl (C=O) groups is 2. The molecule has 0 heterocycles. The monoisotopic (exact) mass is 420 g/mol. The Bertz CT molecular complexity index is 1100. The maximum Gasteiger partial charge on any atom is 0.412 e. The van der Waals surface area contributed by atoms with Gasteiger partial charge in [-0.05, 0) is 29.1 Å². The van der Waals surface area contributed by atoms with Crippen LogP contribution in [0.2, 0.25) is 0 Å². The molecule has 0 radical (unpaired) electrons. The molecule has 0 aliphatic carbocycles. The molecule has 3 rings (SSSR count). The van der Waals surface area contributed by atoms with Gasteiger partial charge in [0, 0.05) is 16.9 Å². The van der Waals surface area contributed by atoms with E-state index in [9.17, 15) is 14.7 Å². The summed E-state index contributed by atoms with van der Waals surface area (Å²) in [6, 6.07) is 19.5. The summed E-state index contributed by atoms with van der Waals surface area (Å²) in [5.74, 6) is -0.617. The van der Waals surface area contributed by atoms with Crippen LogP contribution in [0.1, 0.15) is 25.5 Å². The van der Waals surface area contributed by atoms with E-state index < -0.39 is 23.5 Å². The van der Waals surface area contributed by atoms with Gasteiger partial charge in [0.15, 0.2) is 0 Å². The quantitative estimate of drug-likeness (QED) is 0.257. The molecule has 4 N–H and O–H groups in total. The van der Waals surface area contributed by atoms with E-state index in [1.807, 2.05) is 36.4 Å². The minimum Gasteiger partial charge on any atom is -0.508 e.